The van der Waals surface area contributed by atoms with Crippen molar-refractivity contribution in [1.82, 2.24) is 24.9 Å². The maximum atomic E-state index is 13.2. The van der Waals surface area contributed by atoms with E-state index in [2.05, 4.69) is 33.8 Å². The lowest BCUT2D eigenvalue weighted by atomic mass is 9.64. The van der Waals surface area contributed by atoms with Gasteiger partial charge in [0.05, 0.1) is 12.0 Å². The van der Waals surface area contributed by atoms with Crippen LogP contribution >= 0.6 is 0 Å². The fourth-order valence-corrected chi connectivity index (χ4v) is 7.97. The van der Waals surface area contributed by atoms with Crippen molar-refractivity contribution in [2.75, 3.05) is 57.9 Å². The SMILES string of the molecule is C[C@H](Oc1cc(N2CCN(C)CC2)nc(-c2noc3c2CCC[C@@]32CCCCC2=O)n1)[C@@H]1CCCN1[C@@H]1CCOC1. The van der Waals surface area contributed by atoms with Crippen LogP contribution in [0.15, 0.2) is 10.6 Å². The molecule has 222 valence electrons. The molecular formula is C31H44N6O4. The van der Waals surface area contributed by atoms with E-state index in [4.69, 9.17) is 24.0 Å². The van der Waals surface area contributed by atoms with E-state index in [0.717, 1.165) is 114 Å². The fourth-order valence-electron chi connectivity index (χ4n) is 7.97. The highest BCUT2D eigenvalue weighted by molar-refractivity contribution is 5.91. The molecule has 4 fully saturated rings. The van der Waals surface area contributed by atoms with Crippen molar-refractivity contribution in [2.24, 2.45) is 0 Å². The van der Waals surface area contributed by atoms with E-state index in [1.807, 2.05) is 6.07 Å². The van der Waals surface area contributed by atoms with Crippen LogP contribution in [0.25, 0.3) is 11.5 Å². The van der Waals surface area contributed by atoms with Crippen molar-refractivity contribution in [3.63, 3.8) is 0 Å². The zero-order valence-corrected chi connectivity index (χ0v) is 24.6. The molecule has 0 N–H and O–H groups in total. The van der Waals surface area contributed by atoms with Crippen molar-refractivity contribution in [1.29, 1.82) is 0 Å². The Labute approximate surface area is 242 Å². The van der Waals surface area contributed by atoms with Crippen molar-refractivity contribution >= 4 is 11.6 Å². The summed E-state index contributed by atoms with van der Waals surface area (Å²) in [6.45, 7) is 8.69. The lowest BCUT2D eigenvalue weighted by Gasteiger charge is -2.36. The number of ether oxygens (including phenoxy) is 2. The summed E-state index contributed by atoms with van der Waals surface area (Å²) in [6, 6.07) is 2.82. The number of likely N-dealkylation sites (N-methyl/N-ethyl adjacent to an activating group) is 1. The molecule has 2 aliphatic carbocycles. The second-order valence-electron chi connectivity index (χ2n) is 12.9. The van der Waals surface area contributed by atoms with Crippen molar-refractivity contribution < 1.29 is 18.8 Å². The van der Waals surface area contributed by atoms with Gasteiger partial charge in [0.15, 0.2) is 17.3 Å². The highest BCUT2D eigenvalue weighted by Gasteiger charge is 2.48. The van der Waals surface area contributed by atoms with Gasteiger partial charge in [-0.15, -0.1) is 0 Å². The van der Waals surface area contributed by atoms with Crippen molar-refractivity contribution in [3.05, 3.63) is 17.4 Å². The van der Waals surface area contributed by atoms with Crippen LogP contribution in [0.4, 0.5) is 5.82 Å². The minimum absolute atomic E-state index is 0.0180. The van der Waals surface area contributed by atoms with Gasteiger partial charge in [-0.25, -0.2) is 4.98 Å². The van der Waals surface area contributed by atoms with Gasteiger partial charge in [0.1, 0.15) is 17.7 Å². The minimum Gasteiger partial charge on any atom is -0.473 e. The number of carbonyl (C=O) groups excluding carboxylic acids is 1. The molecule has 5 aliphatic rings. The number of nitrogens with zero attached hydrogens (tertiary/aromatic N) is 6. The summed E-state index contributed by atoms with van der Waals surface area (Å²) in [7, 11) is 2.16. The van der Waals surface area contributed by atoms with Gasteiger partial charge < -0.3 is 23.8 Å². The fraction of sp³-hybridized carbons (Fsp3) is 0.742. The molecule has 2 aromatic rings. The molecule has 0 radical (unpaired) electrons. The molecule has 10 heteroatoms. The molecule has 1 saturated carbocycles. The quantitative estimate of drug-likeness (QED) is 0.518. The maximum absolute atomic E-state index is 13.2. The van der Waals surface area contributed by atoms with Gasteiger partial charge in [0, 0.05) is 62.9 Å². The van der Waals surface area contributed by atoms with Crippen LogP contribution in [0.2, 0.25) is 0 Å². The standard InChI is InChI=1S/C31H44N6O4/c1-21(24-8-6-13-37(24)22-10-18-39-20-22)40-27-19-26(36-16-14-35(2)15-17-36)32-30(33-27)28-23-7-5-12-31(29(23)41-34-28)11-4-3-9-25(31)38/h19,21-22,24H,3-18,20H2,1-2H3/t21-,22+,24-,31+/m0/s1. The topological polar surface area (TPSA) is 97.1 Å². The molecule has 41 heavy (non-hydrogen) atoms. The Hall–Kier alpha value is -2.56. The summed E-state index contributed by atoms with van der Waals surface area (Å²) in [4.78, 5) is 30.5. The molecule has 10 nitrogen and oxygen atoms in total. The third kappa shape index (κ3) is 5.06. The first-order valence-electron chi connectivity index (χ1n) is 15.9. The Kier molecular flexibility index (Phi) is 7.49. The summed E-state index contributed by atoms with van der Waals surface area (Å²) in [5.74, 6) is 3.08. The average Bonchev–Trinajstić information content (AvgIpc) is 3.76. The zero-order chi connectivity index (χ0) is 28.0. The number of aromatic nitrogens is 3. The van der Waals surface area contributed by atoms with Crippen LogP contribution in [0.1, 0.15) is 76.0 Å². The van der Waals surface area contributed by atoms with E-state index in [1.165, 1.54) is 6.42 Å². The number of carbonyl (C=O) groups is 1. The van der Waals surface area contributed by atoms with Gasteiger partial charge in [-0.1, -0.05) is 11.6 Å². The Morgan fingerprint density at radius 1 is 1.02 bits per heavy atom. The number of fused-ring (bicyclic) bond motifs is 2. The molecule has 2 aromatic heterocycles. The molecule has 7 rings (SSSR count). The molecule has 4 atom stereocenters. The number of anilines is 1. The largest absolute Gasteiger partial charge is 0.473 e. The maximum Gasteiger partial charge on any atom is 0.219 e. The van der Waals surface area contributed by atoms with Gasteiger partial charge in [-0.05, 0) is 71.9 Å². The van der Waals surface area contributed by atoms with Crippen LogP contribution in [-0.4, -0.2) is 102 Å². The van der Waals surface area contributed by atoms with Gasteiger partial charge in [0.25, 0.3) is 0 Å². The molecule has 0 bridgehead atoms. The predicted molar refractivity (Wildman–Crippen MR) is 154 cm³/mol. The molecule has 1 spiro atoms. The smallest absolute Gasteiger partial charge is 0.219 e. The van der Waals surface area contributed by atoms with Gasteiger partial charge in [0.2, 0.25) is 5.88 Å². The van der Waals surface area contributed by atoms with Crippen LogP contribution in [-0.2, 0) is 21.4 Å². The second kappa shape index (κ2) is 11.3. The zero-order valence-electron chi connectivity index (χ0n) is 24.6. The summed E-state index contributed by atoms with van der Waals surface area (Å²) in [6.07, 6.45) is 9.52. The van der Waals surface area contributed by atoms with Crippen LogP contribution in [0.3, 0.4) is 0 Å². The summed E-state index contributed by atoms with van der Waals surface area (Å²) >= 11 is 0. The second-order valence-corrected chi connectivity index (χ2v) is 12.9. The molecular weight excluding hydrogens is 520 g/mol. The third-order valence-electron chi connectivity index (χ3n) is 10.3. The van der Waals surface area contributed by atoms with Crippen molar-refractivity contribution in [2.45, 2.75) is 94.7 Å². The predicted octanol–water partition coefficient (Wildman–Crippen LogP) is 3.62. The normalized spacial score (nSPS) is 30.2. The van der Waals surface area contributed by atoms with Crippen LogP contribution < -0.4 is 9.64 Å². The first kappa shape index (κ1) is 27.3. The number of Topliss-reactive ketones (excluding diaryl/α,β-unsaturated/α-hetero) is 1. The monoisotopic (exact) mass is 564 g/mol. The molecule has 0 unspecified atom stereocenters. The molecule has 5 heterocycles. The number of hydrogen-bond acceptors (Lipinski definition) is 10. The highest BCUT2D eigenvalue weighted by atomic mass is 16.5. The summed E-state index contributed by atoms with van der Waals surface area (Å²) < 4.78 is 18.4. The van der Waals surface area contributed by atoms with E-state index in [1.54, 1.807) is 0 Å². The van der Waals surface area contributed by atoms with Gasteiger partial charge >= 0.3 is 0 Å². The van der Waals surface area contributed by atoms with Gasteiger partial charge in [-0.3, -0.25) is 9.69 Å². The third-order valence-corrected chi connectivity index (χ3v) is 10.3. The van der Waals surface area contributed by atoms with E-state index in [9.17, 15) is 4.79 Å². The Bertz CT molecular complexity index is 1250. The first-order chi connectivity index (χ1) is 20.0. The van der Waals surface area contributed by atoms with Crippen molar-refractivity contribution in [3.8, 4) is 17.4 Å². The molecule has 0 aromatic carbocycles. The Balaban J connectivity index is 1.22. The van der Waals surface area contributed by atoms with Gasteiger partial charge in [-0.2, -0.15) is 4.98 Å². The lowest BCUT2D eigenvalue weighted by molar-refractivity contribution is -0.128. The van der Waals surface area contributed by atoms with E-state index in [-0.39, 0.29) is 6.10 Å². The molecule has 3 aliphatic heterocycles. The first-order valence-corrected chi connectivity index (χ1v) is 15.9. The van der Waals surface area contributed by atoms with E-state index in [0.29, 0.717) is 41.7 Å². The number of likely N-dealkylation sites (tertiary alicyclic amines) is 1. The molecule has 0 amide bonds. The van der Waals surface area contributed by atoms with Crippen LogP contribution in [0.5, 0.6) is 5.88 Å². The number of ketones is 1. The van der Waals surface area contributed by atoms with E-state index < -0.39 is 5.41 Å². The Morgan fingerprint density at radius 3 is 2.68 bits per heavy atom. The Morgan fingerprint density at radius 2 is 1.88 bits per heavy atom. The highest BCUT2D eigenvalue weighted by Crippen LogP contribution is 2.47. The molecule has 3 saturated heterocycles. The average molecular weight is 565 g/mol. The van der Waals surface area contributed by atoms with Crippen LogP contribution in [0, 0.1) is 0 Å². The number of piperazine rings is 1. The number of hydrogen-bond donors (Lipinski definition) is 0. The summed E-state index contributed by atoms with van der Waals surface area (Å²) in [5, 5.41) is 4.56. The summed E-state index contributed by atoms with van der Waals surface area (Å²) in [5.41, 5.74) is 1.18. The minimum atomic E-state index is -0.518. The number of rotatable bonds is 6. The van der Waals surface area contributed by atoms with E-state index >= 15 is 0 Å². The lowest BCUT2D eigenvalue weighted by Crippen LogP contribution is -2.46.